The van der Waals surface area contributed by atoms with E-state index in [-0.39, 0.29) is 22.9 Å². The van der Waals surface area contributed by atoms with Crippen molar-refractivity contribution >= 4 is 25.2 Å². The monoisotopic (exact) mass is 575 g/mol. The van der Waals surface area contributed by atoms with Crippen molar-refractivity contribution in [2.24, 2.45) is 0 Å². The first-order valence-electron chi connectivity index (χ1n) is 12.2. The Morgan fingerprint density at radius 3 is 2.62 bits per heavy atom. The topological polar surface area (TPSA) is 200 Å². The average Bonchev–Trinajstić information content (AvgIpc) is 3.42. The molecule has 1 aliphatic heterocycles. The van der Waals surface area contributed by atoms with E-state index >= 15 is 0 Å². The highest BCUT2D eigenvalue weighted by Crippen LogP contribution is 2.48. The first-order valence-corrected chi connectivity index (χ1v) is 13.8. The van der Waals surface area contributed by atoms with Gasteiger partial charge in [0, 0.05) is 0 Å². The molecule has 0 radical (unpaired) electrons. The van der Waals surface area contributed by atoms with Crippen LogP contribution in [0.5, 0.6) is 11.6 Å². The fraction of sp³-hybridized carbons (Fsp3) is 0.400. The van der Waals surface area contributed by atoms with Gasteiger partial charge < -0.3 is 35.1 Å². The number of aromatic hydroxyl groups is 1. The maximum Gasteiger partial charge on any atom is 0.459 e. The molecule has 2 unspecified atom stereocenters. The number of rotatable bonds is 10. The van der Waals surface area contributed by atoms with Crippen molar-refractivity contribution in [2.45, 2.75) is 56.8 Å². The molecule has 4 rings (SSSR count). The highest BCUT2D eigenvalue weighted by molar-refractivity contribution is 7.52. The number of nitrogen functional groups attached to an aromatic ring is 1. The Morgan fingerprint density at radius 1 is 1.27 bits per heavy atom. The molecule has 214 valence electrons. The largest absolute Gasteiger partial charge is 0.492 e. The number of aliphatic hydroxyl groups excluding tert-OH is 2. The smallest absolute Gasteiger partial charge is 0.459 e. The third-order valence-electron chi connectivity index (χ3n) is 6.00. The number of fused-ring (bicyclic) bond motifs is 1. The lowest BCUT2D eigenvalue weighted by molar-refractivity contribution is -0.149. The van der Waals surface area contributed by atoms with Crippen molar-refractivity contribution in [3.8, 4) is 24.0 Å². The van der Waals surface area contributed by atoms with Gasteiger partial charge in [-0.15, -0.1) is 11.5 Å². The molecule has 0 amide bonds. The lowest BCUT2D eigenvalue weighted by Crippen LogP contribution is -2.46. The van der Waals surface area contributed by atoms with E-state index in [1.54, 1.807) is 32.0 Å². The van der Waals surface area contributed by atoms with Gasteiger partial charge in [-0.05, 0) is 45.0 Å². The van der Waals surface area contributed by atoms with Crippen molar-refractivity contribution < 1.29 is 43.2 Å². The van der Waals surface area contributed by atoms with Gasteiger partial charge in [0.1, 0.15) is 42.2 Å². The summed E-state index contributed by atoms with van der Waals surface area (Å²) in [7, 11) is -4.38. The molecule has 3 heterocycles. The predicted octanol–water partition coefficient (Wildman–Crippen LogP) is 1.32. The van der Waals surface area contributed by atoms with Gasteiger partial charge in [0.05, 0.1) is 11.8 Å². The summed E-state index contributed by atoms with van der Waals surface area (Å²) in [5, 5.41) is 38.5. The lowest BCUT2D eigenvalue weighted by Gasteiger charge is -2.29. The molecule has 1 fully saturated rings. The van der Waals surface area contributed by atoms with Gasteiger partial charge in [-0.25, -0.2) is 9.08 Å². The van der Waals surface area contributed by atoms with Crippen LogP contribution in [0.25, 0.3) is 5.52 Å². The molecule has 3 aromatic rings. The van der Waals surface area contributed by atoms with Crippen LogP contribution in [0.2, 0.25) is 0 Å². The van der Waals surface area contributed by atoms with Crippen LogP contribution in [0.3, 0.4) is 0 Å². The molecular weight excluding hydrogens is 545 g/mol. The second-order valence-corrected chi connectivity index (χ2v) is 11.1. The van der Waals surface area contributed by atoms with Crippen LogP contribution in [0.4, 0.5) is 5.95 Å². The molecule has 0 saturated carbocycles. The molecule has 6 atom stereocenters. The molecule has 15 heteroatoms. The van der Waals surface area contributed by atoms with Gasteiger partial charge in [-0.2, -0.15) is 10.1 Å². The maximum atomic E-state index is 13.9. The van der Waals surface area contributed by atoms with Crippen LogP contribution in [0.15, 0.2) is 42.5 Å². The van der Waals surface area contributed by atoms with E-state index in [1.807, 2.05) is 0 Å². The molecule has 1 aliphatic rings. The summed E-state index contributed by atoms with van der Waals surface area (Å²) >= 11 is 0. The summed E-state index contributed by atoms with van der Waals surface area (Å²) in [6, 6.07) is 9.85. The van der Waals surface area contributed by atoms with Gasteiger partial charge in [0.15, 0.2) is 5.60 Å². The summed E-state index contributed by atoms with van der Waals surface area (Å²) in [4.78, 5) is 16.1. The van der Waals surface area contributed by atoms with E-state index in [9.17, 15) is 24.7 Å². The molecule has 0 bridgehead atoms. The number of carbonyl (C=O) groups is 1. The van der Waals surface area contributed by atoms with Crippen LogP contribution in [-0.2, 0) is 23.4 Å². The number of nitrogens with two attached hydrogens (primary N) is 1. The number of nitrogens with zero attached hydrogens (tertiary/aromatic N) is 3. The Morgan fingerprint density at radius 2 is 1.98 bits per heavy atom. The molecule has 14 nitrogen and oxygen atoms in total. The summed E-state index contributed by atoms with van der Waals surface area (Å²) < 4.78 is 37.4. The zero-order valence-electron chi connectivity index (χ0n) is 21.9. The van der Waals surface area contributed by atoms with E-state index in [0.717, 1.165) is 0 Å². The number of nitrogens with one attached hydrogen (secondary N) is 1. The number of anilines is 1. The first-order chi connectivity index (χ1) is 18.9. The molecule has 2 aromatic heterocycles. The molecule has 1 aromatic carbocycles. The predicted molar refractivity (Wildman–Crippen MR) is 141 cm³/mol. The lowest BCUT2D eigenvalue weighted by atomic mass is 9.96. The first kappa shape index (κ1) is 29.3. The zero-order chi connectivity index (χ0) is 29.2. The SMILES string of the molecule is C#C[C@]1(CO[P@@](=O)(N[C@@H](C)C(=O)OC(C)C)Oc2ccccc2)O[C@@H](c2ccc3c(O)nc(N)nn23)C(O)C1O. The number of aromatic nitrogens is 3. The number of ether oxygens (including phenoxy) is 2. The van der Waals surface area contributed by atoms with Gasteiger partial charge in [-0.3, -0.25) is 9.32 Å². The summed E-state index contributed by atoms with van der Waals surface area (Å²) in [5.41, 5.74) is 3.98. The summed E-state index contributed by atoms with van der Waals surface area (Å²) in [5.74, 6) is 1.07. The summed E-state index contributed by atoms with van der Waals surface area (Å²) in [6.07, 6.45) is 0.718. The van der Waals surface area contributed by atoms with Gasteiger partial charge in [0.25, 0.3) is 0 Å². The Hall–Kier alpha value is -3.70. The molecule has 0 spiro atoms. The Kier molecular flexibility index (Phi) is 8.36. The quantitative estimate of drug-likeness (QED) is 0.132. The fourth-order valence-electron chi connectivity index (χ4n) is 4.07. The van der Waals surface area contributed by atoms with Gasteiger partial charge in [-0.1, -0.05) is 24.1 Å². The van der Waals surface area contributed by atoms with Gasteiger partial charge in [0.2, 0.25) is 11.8 Å². The zero-order valence-corrected chi connectivity index (χ0v) is 22.8. The normalized spacial score (nSPS) is 24.9. The average molecular weight is 576 g/mol. The summed E-state index contributed by atoms with van der Waals surface area (Å²) in [6.45, 7) is 4.00. The molecule has 1 saturated heterocycles. The fourth-order valence-corrected chi connectivity index (χ4v) is 5.59. The Bertz CT molecular complexity index is 1460. The molecule has 6 N–H and O–H groups in total. The molecule has 40 heavy (non-hydrogen) atoms. The number of hydrogen-bond donors (Lipinski definition) is 5. The van der Waals surface area contributed by atoms with Crippen molar-refractivity contribution in [1.82, 2.24) is 19.7 Å². The minimum atomic E-state index is -4.38. The highest BCUT2D eigenvalue weighted by atomic mass is 31.2. The number of terminal acetylenes is 1. The van der Waals surface area contributed by atoms with Crippen molar-refractivity contribution in [2.75, 3.05) is 12.3 Å². The number of benzene rings is 1. The maximum absolute atomic E-state index is 13.9. The van der Waals surface area contributed by atoms with E-state index < -0.39 is 62.3 Å². The standard InChI is InChI=1S/C25H30N5O9P/c1-5-25(21(32)19(31)20(38-25)17-11-12-18-22(33)27-24(26)28-30(17)18)13-36-40(35,39-16-9-7-6-8-10-16)29-15(4)23(34)37-14(2)3/h1,6-12,14-15,19-21,31-32H,13H2,2-4H3,(H,29,35)(H3,26,27,28,33)/t15-,19?,20-,21?,25+,40-/m0/s1. The van der Waals surface area contributed by atoms with Crippen LogP contribution in [-0.4, -0.2) is 72.4 Å². The van der Waals surface area contributed by atoms with E-state index in [2.05, 4.69) is 21.1 Å². The van der Waals surface area contributed by atoms with Crippen molar-refractivity contribution in [3.63, 3.8) is 0 Å². The van der Waals surface area contributed by atoms with Gasteiger partial charge >= 0.3 is 13.7 Å². The minimum absolute atomic E-state index is 0.153. The van der Waals surface area contributed by atoms with E-state index in [0.29, 0.717) is 0 Å². The number of hydrogen-bond acceptors (Lipinski definition) is 12. The number of para-hydroxylation sites is 1. The van der Waals surface area contributed by atoms with E-state index in [4.69, 9.17) is 30.7 Å². The van der Waals surface area contributed by atoms with Crippen LogP contribution >= 0.6 is 7.75 Å². The Balaban J connectivity index is 1.61. The van der Waals surface area contributed by atoms with E-state index in [1.165, 1.54) is 35.7 Å². The number of esters is 1. The minimum Gasteiger partial charge on any atom is -0.492 e. The third-order valence-corrected chi connectivity index (χ3v) is 7.62. The van der Waals surface area contributed by atoms with Crippen molar-refractivity contribution in [3.05, 3.63) is 48.2 Å². The molecular formula is C25H30N5O9P. The second kappa shape index (κ2) is 11.4. The number of aliphatic hydroxyl groups is 2. The van der Waals surface area contributed by atoms with Crippen LogP contribution < -0.4 is 15.3 Å². The van der Waals surface area contributed by atoms with Crippen LogP contribution in [0.1, 0.15) is 32.6 Å². The highest BCUT2D eigenvalue weighted by Gasteiger charge is 2.56. The number of carbonyl (C=O) groups excluding carboxylic acids is 1. The second-order valence-electron chi connectivity index (χ2n) is 9.37. The third kappa shape index (κ3) is 5.90. The van der Waals surface area contributed by atoms with Crippen LogP contribution in [0, 0.1) is 12.3 Å². The Labute approximate surface area is 229 Å². The molecule has 0 aliphatic carbocycles. The van der Waals surface area contributed by atoms with Crippen molar-refractivity contribution in [1.29, 1.82) is 0 Å².